The summed E-state index contributed by atoms with van der Waals surface area (Å²) in [5, 5.41) is 0. The third-order valence-corrected chi connectivity index (χ3v) is 3.41. The SMILES string of the molecule is CN(C)CCN1C(=O)C(N)c2cc(Br)ccc21. The summed E-state index contributed by atoms with van der Waals surface area (Å²) in [5.41, 5.74) is 7.77. The molecule has 0 aliphatic carbocycles. The van der Waals surface area contributed by atoms with Gasteiger partial charge in [0.15, 0.2) is 0 Å². The van der Waals surface area contributed by atoms with Crippen molar-refractivity contribution in [3.05, 3.63) is 28.2 Å². The normalized spacial score (nSPS) is 19.0. The van der Waals surface area contributed by atoms with Gasteiger partial charge in [0.1, 0.15) is 6.04 Å². The lowest BCUT2D eigenvalue weighted by molar-refractivity contribution is -0.119. The van der Waals surface area contributed by atoms with Crippen molar-refractivity contribution in [3.8, 4) is 0 Å². The van der Waals surface area contributed by atoms with Crippen molar-refractivity contribution in [1.29, 1.82) is 0 Å². The average Bonchev–Trinajstić information content (AvgIpc) is 2.50. The molecule has 1 aliphatic rings. The molecule has 1 amide bonds. The number of carbonyl (C=O) groups is 1. The van der Waals surface area contributed by atoms with Crippen LogP contribution >= 0.6 is 15.9 Å². The van der Waals surface area contributed by atoms with Crippen molar-refractivity contribution in [2.45, 2.75) is 6.04 Å². The summed E-state index contributed by atoms with van der Waals surface area (Å²) < 4.78 is 0.953. The van der Waals surface area contributed by atoms with Crippen LogP contribution in [0.3, 0.4) is 0 Å². The molecular weight excluding hydrogens is 282 g/mol. The van der Waals surface area contributed by atoms with E-state index >= 15 is 0 Å². The van der Waals surface area contributed by atoms with Crippen LogP contribution in [0.4, 0.5) is 5.69 Å². The first kappa shape index (κ1) is 12.5. The van der Waals surface area contributed by atoms with E-state index in [-0.39, 0.29) is 5.91 Å². The molecule has 92 valence electrons. The number of benzene rings is 1. The Hall–Kier alpha value is -0.910. The number of fused-ring (bicyclic) bond motifs is 1. The summed E-state index contributed by atoms with van der Waals surface area (Å²) in [6, 6.07) is 5.28. The van der Waals surface area contributed by atoms with E-state index in [0.717, 1.165) is 22.3 Å². The smallest absolute Gasteiger partial charge is 0.248 e. The maximum atomic E-state index is 12.1. The molecule has 1 atom stereocenters. The van der Waals surface area contributed by atoms with Gasteiger partial charge in [0, 0.05) is 28.8 Å². The van der Waals surface area contributed by atoms with E-state index in [4.69, 9.17) is 5.73 Å². The van der Waals surface area contributed by atoms with Gasteiger partial charge in [0.05, 0.1) is 0 Å². The molecule has 2 N–H and O–H groups in total. The Morgan fingerprint density at radius 2 is 2.18 bits per heavy atom. The first-order valence-electron chi connectivity index (χ1n) is 5.52. The number of carbonyl (C=O) groups excluding carboxylic acids is 1. The van der Waals surface area contributed by atoms with Crippen LogP contribution in [-0.2, 0) is 4.79 Å². The molecule has 4 nitrogen and oxygen atoms in total. The number of amides is 1. The summed E-state index contributed by atoms with van der Waals surface area (Å²) in [7, 11) is 3.98. The predicted octanol–water partition coefficient (Wildman–Crippen LogP) is 1.36. The van der Waals surface area contributed by atoms with E-state index < -0.39 is 6.04 Å². The van der Waals surface area contributed by atoms with Crippen LogP contribution in [0.15, 0.2) is 22.7 Å². The predicted molar refractivity (Wildman–Crippen MR) is 72.0 cm³/mol. The van der Waals surface area contributed by atoms with Gasteiger partial charge >= 0.3 is 0 Å². The molecule has 2 rings (SSSR count). The zero-order chi connectivity index (χ0) is 12.6. The van der Waals surface area contributed by atoms with E-state index in [0.29, 0.717) is 6.54 Å². The summed E-state index contributed by atoms with van der Waals surface area (Å²) in [6.45, 7) is 1.50. The maximum Gasteiger partial charge on any atom is 0.248 e. The Labute approximate surface area is 110 Å². The molecule has 0 bridgehead atoms. The van der Waals surface area contributed by atoms with Crippen molar-refractivity contribution in [3.63, 3.8) is 0 Å². The summed E-state index contributed by atoms with van der Waals surface area (Å²) in [6.07, 6.45) is 0. The fraction of sp³-hybridized carbons (Fsp3) is 0.417. The number of halogens is 1. The molecule has 0 saturated heterocycles. The van der Waals surface area contributed by atoms with Crippen LogP contribution < -0.4 is 10.6 Å². The monoisotopic (exact) mass is 297 g/mol. The number of rotatable bonds is 3. The van der Waals surface area contributed by atoms with Crippen LogP contribution in [-0.4, -0.2) is 38.0 Å². The molecule has 1 aromatic rings. The number of nitrogens with zero attached hydrogens (tertiary/aromatic N) is 2. The molecule has 0 radical (unpaired) electrons. The van der Waals surface area contributed by atoms with Crippen molar-refractivity contribution >= 4 is 27.5 Å². The van der Waals surface area contributed by atoms with Crippen LogP contribution in [0, 0.1) is 0 Å². The molecule has 1 aliphatic heterocycles. The molecular formula is C12H16BrN3O. The lowest BCUT2D eigenvalue weighted by Crippen LogP contribution is -2.36. The number of nitrogens with two attached hydrogens (primary N) is 1. The van der Waals surface area contributed by atoms with Gasteiger partial charge in [0.25, 0.3) is 0 Å². The quantitative estimate of drug-likeness (QED) is 0.916. The highest BCUT2D eigenvalue weighted by molar-refractivity contribution is 9.10. The standard InChI is InChI=1S/C12H16BrN3O/c1-15(2)5-6-16-10-4-3-8(13)7-9(10)11(14)12(16)17/h3-4,7,11H,5-6,14H2,1-2H3. The van der Waals surface area contributed by atoms with Gasteiger partial charge in [-0.3, -0.25) is 4.79 Å². The minimum absolute atomic E-state index is 0.0139. The lowest BCUT2D eigenvalue weighted by Gasteiger charge is -2.20. The van der Waals surface area contributed by atoms with Crippen molar-refractivity contribution in [2.75, 3.05) is 32.1 Å². The first-order chi connectivity index (χ1) is 8.00. The molecule has 5 heteroatoms. The Morgan fingerprint density at radius 3 is 2.82 bits per heavy atom. The van der Waals surface area contributed by atoms with Crippen LogP contribution in [0.1, 0.15) is 11.6 Å². The van der Waals surface area contributed by atoms with Gasteiger partial charge in [-0.2, -0.15) is 0 Å². The molecule has 1 unspecified atom stereocenters. The van der Waals surface area contributed by atoms with Crippen LogP contribution in [0.2, 0.25) is 0 Å². The number of anilines is 1. The summed E-state index contributed by atoms with van der Waals surface area (Å²) >= 11 is 3.40. The zero-order valence-corrected chi connectivity index (χ0v) is 11.6. The molecule has 0 saturated carbocycles. The van der Waals surface area contributed by atoms with E-state index in [2.05, 4.69) is 20.8 Å². The Bertz CT molecular complexity index is 447. The Morgan fingerprint density at radius 1 is 1.47 bits per heavy atom. The van der Waals surface area contributed by atoms with Gasteiger partial charge < -0.3 is 15.5 Å². The second-order valence-electron chi connectivity index (χ2n) is 4.47. The maximum absolute atomic E-state index is 12.1. The van der Waals surface area contributed by atoms with E-state index in [1.165, 1.54) is 0 Å². The van der Waals surface area contributed by atoms with E-state index in [1.54, 1.807) is 4.90 Å². The largest absolute Gasteiger partial charge is 0.316 e. The van der Waals surface area contributed by atoms with Crippen molar-refractivity contribution in [2.24, 2.45) is 5.73 Å². The Balaban J connectivity index is 2.28. The minimum Gasteiger partial charge on any atom is -0.316 e. The molecule has 0 aromatic heterocycles. The first-order valence-corrected chi connectivity index (χ1v) is 6.31. The van der Waals surface area contributed by atoms with Gasteiger partial charge in [-0.25, -0.2) is 0 Å². The van der Waals surface area contributed by atoms with Gasteiger partial charge in [0.2, 0.25) is 5.91 Å². The number of hydrogen-bond donors (Lipinski definition) is 1. The fourth-order valence-electron chi connectivity index (χ4n) is 1.97. The highest BCUT2D eigenvalue weighted by Gasteiger charge is 2.34. The average molecular weight is 298 g/mol. The molecule has 0 fully saturated rings. The molecule has 1 heterocycles. The zero-order valence-electron chi connectivity index (χ0n) is 9.98. The second kappa shape index (κ2) is 4.76. The van der Waals surface area contributed by atoms with Gasteiger partial charge in [-0.1, -0.05) is 15.9 Å². The molecule has 1 aromatic carbocycles. The highest BCUT2D eigenvalue weighted by Crippen LogP contribution is 2.35. The highest BCUT2D eigenvalue weighted by atomic mass is 79.9. The Kier molecular flexibility index (Phi) is 3.51. The minimum atomic E-state index is -0.523. The lowest BCUT2D eigenvalue weighted by atomic mass is 10.1. The third-order valence-electron chi connectivity index (χ3n) is 2.92. The number of hydrogen-bond acceptors (Lipinski definition) is 3. The van der Waals surface area contributed by atoms with Gasteiger partial charge in [-0.15, -0.1) is 0 Å². The van der Waals surface area contributed by atoms with Crippen LogP contribution in [0.25, 0.3) is 0 Å². The topological polar surface area (TPSA) is 49.6 Å². The summed E-state index contributed by atoms with van der Waals surface area (Å²) in [4.78, 5) is 15.9. The van der Waals surface area contributed by atoms with Gasteiger partial charge in [-0.05, 0) is 32.3 Å². The summed E-state index contributed by atoms with van der Waals surface area (Å²) in [5.74, 6) is -0.0139. The fourth-order valence-corrected chi connectivity index (χ4v) is 2.35. The van der Waals surface area contributed by atoms with E-state index in [1.807, 2.05) is 32.3 Å². The second-order valence-corrected chi connectivity index (χ2v) is 5.39. The molecule has 17 heavy (non-hydrogen) atoms. The molecule has 0 spiro atoms. The van der Waals surface area contributed by atoms with E-state index in [9.17, 15) is 4.79 Å². The van der Waals surface area contributed by atoms with Crippen molar-refractivity contribution < 1.29 is 4.79 Å². The van der Waals surface area contributed by atoms with Crippen molar-refractivity contribution in [1.82, 2.24) is 4.90 Å². The third kappa shape index (κ3) is 2.36. The number of likely N-dealkylation sites (N-methyl/N-ethyl adjacent to an activating group) is 1. The van der Waals surface area contributed by atoms with Crippen LogP contribution in [0.5, 0.6) is 0 Å².